The Morgan fingerprint density at radius 3 is 2.84 bits per heavy atom. The molecule has 0 unspecified atom stereocenters. The molecule has 2 aromatic heterocycles. The van der Waals surface area contributed by atoms with E-state index < -0.39 is 15.3 Å². The number of hydrogen-bond donors (Lipinski definition) is 0. The van der Waals surface area contributed by atoms with Gasteiger partial charge in [-0.25, -0.2) is 8.42 Å². The second-order valence-corrected chi connectivity index (χ2v) is 12.5. The number of nitrogens with zero attached hydrogens (tertiary/aromatic N) is 4. The zero-order chi connectivity index (χ0) is 22.1. The van der Waals surface area contributed by atoms with Gasteiger partial charge in [0, 0.05) is 52.3 Å². The lowest BCUT2D eigenvalue weighted by Crippen LogP contribution is -2.64. The number of thioether (sulfide) groups is 1. The Morgan fingerprint density at radius 2 is 2.06 bits per heavy atom. The molecule has 3 aromatic rings. The third-order valence-electron chi connectivity index (χ3n) is 6.67. The first-order valence-electron chi connectivity index (χ1n) is 10.4. The number of aromatic nitrogens is 1. The Bertz CT molecular complexity index is 1380. The minimum absolute atomic E-state index is 0.00349. The molecule has 2 aliphatic heterocycles. The summed E-state index contributed by atoms with van der Waals surface area (Å²) in [5.74, 6) is 1.31. The minimum atomic E-state index is -3.51. The summed E-state index contributed by atoms with van der Waals surface area (Å²) in [5, 5.41) is 10.1. The number of nitriles is 1. The lowest BCUT2D eigenvalue weighted by molar-refractivity contribution is -0.0221. The van der Waals surface area contributed by atoms with Crippen molar-refractivity contribution in [3.05, 3.63) is 41.7 Å². The Balaban J connectivity index is 1.33. The molecule has 3 aliphatic rings. The van der Waals surface area contributed by atoms with Crippen LogP contribution in [0.15, 0.2) is 46.0 Å². The maximum atomic E-state index is 13.5. The van der Waals surface area contributed by atoms with E-state index in [1.807, 2.05) is 18.2 Å². The van der Waals surface area contributed by atoms with Crippen LogP contribution < -0.4 is 4.31 Å². The molecule has 0 amide bonds. The number of rotatable bonds is 3. The van der Waals surface area contributed by atoms with E-state index in [0.29, 0.717) is 54.7 Å². The van der Waals surface area contributed by atoms with Crippen LogP contribution in [0.4, 0.5) is 5.69 Å². The number of pyridine rings is 1. The van der Waals surface area contributed by atoms with E-state index in [0.717, 1.165) is 21.4 Å². The van der Waals surface area contributed by atoms with Crippen LogP contribution in [0.5, 0.6) is 0 Å². The average Bonchev–Trinajstić information content (AvgIpc) is 3.14. The molecule has 0 atom stereocenters. The normalized spacial score (nSPS) is 20.0. The first-order valence-corrected chi connectivity index (χ1v) is 13.2. The van der Waals surface area contributed by atoms with Crippen LogP contribution in [0, 0.1) is 16.9 Å². The van der Waals surface area contributed by atoms with Crippen molar-refractivity contribution in [2.24, 2.45) is 5.41 Å². The minimum Gasteiger partial charge on any atom is -0.456 e. The smallest absolute Gasteiger partial charge is 0.238 e. The fraction of sp³-hybridized carbons (Fsp3) is 0.364. The van der Waals surface area contributed by atoms with Crippen molar-refractivity contribution >= 4 is 50.0 Å². The molecule has 1 saturated heterocycles. The number of fused-ring (bicyclic) bond motifs is 2. The fourth-order valence-corrected chi connectivity index (χ4v) is 8.79. The molecule has 1 saturated carbocycles. The lowest BCUT2D eigenvalue weighted by atomic mass is 9.63. The lowest BCUT2D eigenvalue weighted by Gasteiger charge is -2.57. The Kier molecular flexibility index (Phi) is 4.45. The van der Waals surface area contributed by atoms with Crippen molar-refractivity contribution in [3.8, 4) is 17.5 Å². The van der Waals surface area contributed by atoms with Crippen molar-refractivity contribution in [1.82, 2.24) is 9.88 Å². The predicted molar refractivity (Wildman–Crippen MR) is 124 cm³/mol. The highest BCUT2D eigenvalue weighted by atomic mass is 35.5. The summed E-state index contributed by atoms with van der Waals surface area (Å²) in [6.07, 6.45) is 6.73. The highest BCUT2D eigenvalue weighted by Crippen LogP contribution is 2.52. The first-order chi connectivity index (χ1) is 15.4. The number of hydrogen-bond acceptors (Lipinski definition) is 7. The number of anilines is 1. The molecule has 1 spiro atoms. The van der Waals surface area contributed by atoms with E-state index in [-0.39, 0.29) is 5.41 Å². The standard InChI is InChI=1S/C22H19ClN4O3S2/c23-15-1-2-19-14(5-15)6-20(30-19)17-9-25-10-18-21(17)31-4-3-27(18)32(28,29)16-7-22(8-16)11-26(12-22)13-24/h1-2,5-6,9-10,16H,3-4,7-8,11-12H2. The summed E-state index contributed by atoms with van der Waals surface area (Å²) < 4.78 is 34.6. The van der Waals surface area contributed by atoms with Crippen molar-refractivity contribution in [1.29, 1.82) is 5.26 Å². The number of furan rings is 1. The summed E-state index contributed by atoms with van der Waals surface area (Å²) in [4.78, 5) is 6.91. The van der Waals surface area contributed by atoms with Gasteiger partial charge in [-0.1, -0.05) is 11.6 Å². The van der Waals surface area contributed by atoms with Gasteiger partial charge in [-0.2, -0.15) is 5.26 Å². The molecule has 164 valence electrons. The number of benzene rings is 1. The molecule has 0 bridgehead atoms. The molecular weight excluding hydrogens is 468 g/mol. The van der Waals surface area contributed by atoms with Gasteiger partial charge in [0.2, 0.25) is 10.0 Å². The van der Waals surface area contributed by atoms with Crippen LogP contribution in [-0.2, 0) is 10.0 Å². The number of sulfonamides is 1. The third kappa shape index (κ3) is 3.00. The molecule has 7 nitrogen and oxygen atoms in total. The molecule has 10 heteroatoms. The maximum absolute atomic E-state index is 13.5. The zero-order valence-corrected chi connectivity index (χ0v) is 19.4. The third-order valence-corrected chi connectivity index (χ3v) is 10.2. The van der Waals surface area contributed by atoms with E-state index in [9.17, 15) is 8.42 Å². The molecule has 0 radical (unpaired) electrons. The highest BCUT2D eigenvalue weighted by Gasteiger charge is 2.57. The Labute approximate surface area is 195 Å². The Morgan fingerprint density at radius 1 is 1.25 bits per heavy atom. The van der Waals surface area contributed by atoms with Crippen molar-refractivity contribution < 1.29 is 12.8 Å². The van der Waals surface area contributed by atoms with Gasteiger partial charge in [0.25, 0.3) is 0 Å². The maximum Gasteiger partial charge on any atom is 0.238 e. The summed E-state index contributed by atoms with van der Waals surface area (Å²) in [6.45, 7) is 1.77. The van der Waals surface area contributed by atoms with Crippen LogP contribution in [0.3, 0.4) is 0 Å². The van der Waals surface area contributed by atoms with Crippen LogP contribution in [-0.4, -0.2) is 48.9 Å². The molecule has 32 heavy (non-hydrogen) atoms. The summed E-state index contributed by atoms with van der Waals surface area (Å²) in [6, 6.07) is 7.37. The van der Waals surface area contributed by atoms with Crippen LogP contribution in [0.25, 0.3) is 22.3 Å². The molecule has 2 fully saturated rings. The van der Waals surface area contributed by atoms with Crippen molar-refractivity contribution in [3.63, 3.8) is 0 Å². The van der Waals surface area contributed by atoms with Gasteiger partial charge >= 0.3 is 0 Å². The van der Waals surface area contributed by atoms with Gasteiger partial charge < -0.3 is 9.32 Å². The average molecular weight is 487 g/mol. The molecule has 4 heterocycles. The summed E-state index contributed by atoms with van der Waals surface area (Å²) >= 11 is 7.73. The van der Waals surface area contributed by atoms with Crippen LogP contribution >= 0.6 is 23.4 Å². The van der Waals surface area contributed by atoms with Crippen LogP contribution in [0.1, 0.15) is 12.8 Å². The van der Waals surface area contributed by atoms with Gasteiger partial charge in [0.15, 0.2) is 6.19 Å². The van der Waals surface area contributed by atoms with E-state index in [1.165, 1.54) is 4.31 Å². The second kappa shape index (κ2) is 7.04. The summed E-state index contributed by atoms with van der Waals surface area (Å²) in [5.41, 5.74) is 2.12. The first kappa shape index (κ1) is 20.2. The molecule has 6 rings (SSSR count). The molecule has 1 aromatic carbocycles. The monoisotopic (exact) mass is 486 g/mol. The topological polar surface area (TPSA) is 90.4 Å². The fourth-order valence-electron chi connectivity index (χ4n) is 5.09. The molecule has 0 N–H and O–H groups in total. The van der Waals surface area contributed by atoms with E-state index >= 15 is 0 Å². The number of likely N-dealkylation sites (tertiary alicyclic amines) is 1. The van der Waals surface area contributed by atoms with Gasteiger partial charge in [-0.15, -0.1) is 11.8 Å². The highest BCUT2D eigenvalue weighted by molar-refractivity contribution is 8.00. The van der Waals surface area contributed by atoms with Gasteiger partial charge in [-0.3, -0.25) is 9.29 Å². The molecule has 1 aliphatic carbocycles. The second-order valence-electron chi connectivity index (χ2n) is 8.78. The van der Waals surface area contributed by atoms with Gasteiger partial charge in [0.1, 0.15) is 11.3 Å². The summed E-state index contributed by atoms with van der Waals surface area (Å²) in [7, 11) is -3.51. The van der Waals surface area contributed by atoms with Gasteiger partial charge in [-0.05, 0) is 37.1 Å². The Hall–Kier alpha value is -2.41. The quantitative estimate of drug-likeness (QED) is 0.508. The van der Waals surface area contributed by atoms with Gasteiger partial charge in [0.05, 0.1) is 22.7 Å². The van der Waals surface area contributed by atoms with E-state index in [4.69, 9.17) is 21.3 Å². The SMILES string of the molecule is N#CN1CC2(CC(S(=O)(=O)N3CCSc4c(-c5cc6cc(Cl)ccc6o5)cncc43)C2)C1. The van der Waals surface area contributed by atoms with E-state index in [1.54, 1.807) is 35.1 Å². The largest absolute Gasteiger partial charge is 0.456 e. The molecular formula is C22H19ClN4O3S2. The van der Waals surface area contributed by atoms with E-state index in [2.05, 4.69) is 11.2 Å². The zero-order valence-electron chi connectivity index (χ0n) is 17.0. The van der Waals surface area contributed by atoms with Crippen molar-refractivity contribution in [2.45, 2.75) is 23.0 Å². The van der Waals surface area contributed by atoms with Crippen molar-refractivity contribution in [2.75, 3.05) is 29.7 Å². The van der Waals surface area contributed by atoms with Crippen LogP contribution in [0.2, 0.25) is 5.02 Å². The number of halogens is 1. The predicted octanol–water partition coefficient (Wildman–Crippen LogP) is 4.34.